The molecular formula is C10H8N2. The second-order valence-corrected chi connectivity index (χ2v) is 3.01. The van der Waals surface area contributed by atoms with Crippen LogP contribution in [0.15, 0.2) is 35.3 Å². The summed E-state index contributed by atoms with van der Waals surface area (Å²) in [5, 5.41) is 3.33. The maximum atomic E-state index is 4.28. The molecule has 0 bridgehead atoms. The van der Waals surface area contributed by atoms with Gasteiger partial charge in [-0.2, -0.15) is 0 Å². The van der Waals surface area contributed by atoms with E-state index in [1.807, 2.05) is 12.3 Å². The van der Waals surface area contributed by atoms with Crippen LogP contribution >= 0.6 is 0 Å². The highest BCUT2D eigenvalue weighted by Gasteiger charge is 2.26. The topological polar surface area (TPSA) is 24.4 Å². The highest BCUT2D eigenvalue weighted by molar-refractivity contribution is 5.98. The standard InChI is InChI=1S/C10H8N2/c1-2-4-9-7(3-1)8-5-6-11-10(8)12-9/h1-6,10,12H. The highest BCUT2D eigenvalue weighted by Crippen LogP contribution is 2.36. The maximum absolute atomic E-state index is 4.28. The Morgan fingerprint density at radius 3 is 3.17 bits per heavy atom. The molecule has 0 saturated carbocycles. The van der Waals surface area contributed by atoms with E-state index in [4.69, 9.17) is 0 Å². The van der Waals surface area contributed by atoms with Crippen molar-refractivity contribution < 1.29 is 0 Å². The number of benzene rings is 1. The molecule has 1 aromatic rings. The van der Waals surface area contributed by atoms with Crippen LogP contribution in [0, 0.1) is 0 Å². The third kappa shape index (κ3) is 0.619. The highest BCUT2D eigenvalue weighted by atomic mass is 15.1. The van der Waals surface area contributed by atoms with Crippen molar-refractivity contribution in [3.63, 3.8) is 0 Å². The molecule has 2 heteroatoms. The summed E-state index contributed by atoms with van der Waals surface area (Å²) in [6.45, 7) is 0. The molecule has 0 saturated heterocycles. The molecule has 0 radical (unpaired) electrons. The Labute approximate surface area is 70.6 Å². The number of hydrogen-bond donors (Lipinski definition) is 1. The van der Waals surface area contributed by atoms with Crippen LogP contribution in [-0.2, 0) is 0 Å². The second-order valence-electron chi connectivity index (χ2n) is 3.01. The van der Waals surface area contributed by atoms with Crippen molar-refractivity contribution in [3.8, 4) is 0 Å². The van der Waals surface area contributed by atoms with Gasteiger partial charge in [0.25, 0.3) is 0 Å². The number of allylic oxidation sites excluding steroid dienone is 1. The first kappa shape index (κ1) is 6.00. The Hall–Kier alpha value is -1.57. The number of rotatable bonds is 0. The first-order valence-electron chi connectivity index (χ1n) is 4.04. The van der Waals surface area contributed by atoms with E-state index >= 15 is 0 Å². The lowest BCUT2D eigenvalue weighted by Gasteiger charge is -2.01. The molecule has 1 atom stereocenters. The molecule has 0 spiro atoms. The van der Waals surface area contributed by atoms with Gasteiger partial charge in [0.1, 0.15) is 6.17 Å². The smallest absolute Gasteiger partial charge is 0.145 e. The third-order valence-electron chi connectivity index (χ3n) is 2.31. The van der Waals surface area contributed by atoms with Gasteiger partial charge >= 0.3 is 0 Å². The van der Waals surface area contributed by atoms with E-state index in [1.54, 1.807) is 0 Å². The van der Waals surface area contributed by atoms with Gasteiger partial charge in [0.2, 0.25) is 0 Å². The normalized spacial score (nSPS) is 23.0. The Bertz CT molecular complexity index is 391. The van der Waals surface area contributed by atoms with E-state index in [1.165, 1.54) is 16.8 Å². The molecule has 12 heavy (non-hydrogen) atoms. The summed E-state index contributed by atoms with van der Waals surface area (Å²) in [7, 11) is 0. The molecule has 1 unspecified atom stereocenters. The average molecular weight is 156 g/mol. The van der Waals surface area contributed by atoms with E-state index in [9.17, 15) is 0 Å². The summed E-state index contributed by atoms with van der Waals surface area (Å²) in [5.74, 6) is 0. The van der Waals surface area contributed by atoms with Gasteiger partial charge in [0.05, 0.1) is 0 Å². The number of aliphatic imine (C=N–C) groups is 1. The number of nitrogens with zero attached hydrogens (tertiary/aromatic N) is 1. The van der Waals surface area contributed by atoms with Crippen LogP contribution in [0.4, 0.5) is 5.69 Å². The monoisotopic (exact) mass is 156 g/mol. The van der Waals surface area contributed by atoms with Crippen LogP contribution in [0.1, 0.15) is 5.56 Å². The molecule has 1 aromatic carbocycles. The van der Waals surface area contributed by atoms with Crippen LogP contribution < -0.4 is 5.32 Å². The van der Waals surface area contributed by atoms with Crippen LogP contribution in [0.5, 0.6) is 0 Å². The van der Waals surface area contributed by atoms with Crippen LogP contribution in [-0.4, -0.2) is 12.4 Å². The van der Waals surface area contributed by atoms with E-state index in [0.29, 0.717) is 0 Å². The molecule has 0 aliphatic carbocycles. The fourth-order valence-corrected chi connectivity index (χ4v) is 1.74. The fourth-order valence-electron chi connectivity index (χ4n) is 1.74. The minimum atomic E-state index is 0.183. The Morgan fingerprint density at radius 1 is 1.25 bits per heavy atom. The lowest BCUT2D eigenvalue weighted by molar-refractivity contribution is 1.02. The SMILES string of the molecule is C1=NC2Nc3ccccc3C2=C1. The van der Waals surface area contributed by atoms with Gasteiger partial charge in [-0.15, -0.1) is 0 Å². The molecule has 3 rings (SSSR count). The van der Waals surface area contributed by atoms with Crippen molar-refractivity contribution >= 4 is 17.5 Å². The fraction of sp³-hybridized carbons (Fsp3) is 0.100. The number of nitrogens with one attached hydrogen (secondary N) is 1. The number of hydrogen-bond acceptors (Lipinski definition) is 2. The van der Waals surface area contributed by atoms with Crippen molar-refractivity contribution in [1.29, 1.82) is 0 Å². The lowest BCUT2D eigenvalue weighted by Crippen LogP contribution is -2.07. The van der Waals surface area contributed by atoms with E-state index < -0.39 is 0 Å². The molecule has 1 N–H and O–H groups in total. The Morgan fingerprint density at radius 2 is 2.17 bits per heavy atom. The second kappa shape index (κ2) is 1.97. The Balaban J connectivity index is 2.23. The molecule has 2 nitrogen and oxygen atoms in total. The molecule has 2 aliphatic rings. The molecule has 0 fully saturated rings. The van der Waals surface area contributed by atoms with Crippen LogP contribution in [0.3, 0.4) is 0 Å². The maximum Gasteiger partial charge on any atom is 0.145 e. The zero-order chi connectivity index (χ0) is 7.97. The predicted octanol–water partition coefficient (Wildman–Crippen LogP) is 1.91. The van der Waals surface area contributed by atoms with Gasteiger partial charge < -0.3 is 5.32 Å². The van der Waals surface area contributed by atoms with Gasteiger partial charge in [-0.05, 0) is 12.1 Å². The van der Waals surface area contributed by atoms with Gasteiger partial charge in [0.15, 0.2) is 0 Å². The molecule has 0 amide bonds. The Kier molecular flexibility index (Phi) is 0.987. The van der Waals surface area contributed by atoms with Crippen molar-refractivity contribution in [3.05, 3.63) is 35.9 Å². The molecule has 2 heterocycles. The minimum absolute atomic E-state index is 0.183. The van der Waals surface area contributed by atoms with Crippen molar-refractivity contribution in [2.24, 2.45) is 4.99 Å². The summed E-state index contributed by atoms with van der Waals surface area (Å²) in [5.41, 5.74) is 3.79. The summed E-state index contributed by atoms with van der Waals surface area (Å²) < 4.78 is 0. The number of anilines is 1. The number of para-hydroxylation sites is 1. The first-order chi connectivity index (χ1) is 5.95. The van der Waals surface area contributed by atoms with Gasteiger partial charge in [-0.1, -0.05) is 18.2 Å². The first-order valence-corrected chi connectivity index (χ1v) is 4.04. The van der Waals surface area contributed by atoms with Gasteiger partial charge in [-0.3, -0.25) is 4.99 Å². The van der Waals surface area contributed by atoms with Gasteiger partial charge in [-0.25, -0.2) is 0 Å². The van der Waals surface area contributed by atoms with Crippen molar-refractivity contribution in [2.75, 3.05) is 5.32 Å². The predicted molar refractivity (Wildman–Crippen MR) is 50.3 cm³/mol. The number of fused-ring (bicyclic) bond motifs is 3. The van der Waals surface area contributed by atoms with Crippen molar-refractivity contribution in [1.82, 2.24) is 0 Å². The molecule has 0 aromatic heterocycles. The average Bonchev–Trinajstić information content (AvgIpc) is 2.62. The lowest BCUT2D eigenvalue weighted by atomic mass is 10.1. The van der Waals surface area contributed by atoms with E-state index in [0.717, 1.165) is 0 Å². The van der Waals surface area contributed by atoms with Crippen LogP contribution in [0.25, 0.3) is 5.57 Å². The van der Waals surface area contributed by atoms with E-state index in [-0.39, 0.29) is 6.17 Å². The molecular weight excluding hydrogens is 148 g/mol. The largest absolute Gasteiger partial charge is 0.360 e. The van der Waals surface area contributed by atoms with Gasteiger partial charge in [0, 0.05) is 23.0 Å². The third-order valence-corrected chi connectivity index (χ3v) is 2.31. The summed E-state index contributed by atoms with van der Waals surface area (Å²) in [4.78, 5) is 4.28. The van der Waals surface area contributed by atoms with E-state index in [2.05, 4.69) is 34.6 Å². The molecule has 58 valence electrons. The summed E-state index contributed by atoms with van der Waals surface area (Å²) in [6, 6.07) is 8.31. The summed E-state index contributed by atoms with van der Waals surface area (Å²) >= 11 is 0. The minimum Gasteiger partial charge on any atom is -0.360 e. The van der Waals surface area contributed by atoms with Crippen LogP contribution in [0.2, 0.25) is 0 Å². The zero-order valence-corrected chi connectivity index (χ0v) is 6.49. The quantitative estimate of drug-likeness (QED) is 0.609. The molecule has 2 aliphatic heterocycles. The van der Waals surface area contributed by atoms with Crippen molar-refractivity contribution in [2.45, 2.75) is 6.17 Å². The zero-order valence-electron chi connectivity index (χ0n) is 6.49. The summed E-state index contributed by atoms with van der Waals surface area (Å²) in [6.07, 6.45) is 4.12.